The fraction of sp³-hybridized carbons (Fsp3) is 0.333. The molecule has 1 fully saturated rings. The summed E-state index contributed by atoms with van der Waals surface area (Å²) in [5.41, 5.74) is 3.36. The lowest BCUT2D eigenvalue weighted by Gasteiger charge is -2.34. The molecule has 1 atom stereocenters. The van der Waals surface area contributed by atoms with Crippen molar-refractivity contribution in [3.63, 3.8) is 0 Å². The van der Waals surface area contributed by atoms with Crippen molar-refractivity contribution in [1.29, 1.82) is 0 Å². The summed E-state index contributed by atoms with van der Waals surface area (Å²) in [5, 5.41) is 11.7. The van der Waals surface area contributed by atoms with Gasteiger partial charge in [0.05, 0.1) is 0 Å². The fourth-order valence-electron chi connectivity index (χ4n) is 3.64. The van der Waals surface area contributed by atoms with E-state index in [1.165, 1.54) is 35.6 Å². The number of nitrogens with zero attached hydrogens (tertiary/aromatic N) is 3. The molecule has 1 aliphatic rings. The zero-order chi connectivity index (χ0) is 16.5. The summed E-state index contributed by atoms with van der Waals surface area (Å²) in [5.74, 6) is 1.04. The lowest BCUT2D eigenvalue weighted by molar-refractivity contribution is 0.481. The average molecular weight is 317 g/mol. The van der Waals surface area contributed by atoms with Crippen molar-refractivity contribution >= 4 is 16.6 Å². The highest BCUT2D eigenvalue weighted by Gasteiger charge is 2.22. The van der Waals surface area contributed by atoms with Crippen molar-refractivity contribution in [3.05, 3.63) is 54.1 Å². The Labute approximate surface area is 143 Å². The van der Waals surface area contributed by atoms with E-state index in [4.69, 9.17) is 0 Å². The molecule has 1 unspecified atom stereocenters. The fourth-order valence-corrected chi connectivity index (χ4v) is 3.64. The van der Waals surface area contributed by atoms with E-state index in [1.54, 1.807) is 0 Å². The van der Waals surface area contributed by atoms with Crippen LogP contribution in [0.15, 0.2) is 48.5 Å². The predicted molar refractivity (Wildman–Crippen MR) is 100 cm³/mol. The molecular weight excluding hydrogens is 294 g/mol. The van der Waals surface area contributed by atoms with Gasteiger partial charge in [-0.1, -0.05) is 54.1 Å². The molecule has 1 saturated heterocycles. The van der Waals surface area contributed by atoms with E-state index in [1.807, 2.05) is 0 Å². The summed E-state index contributed by atoms with van der Waals surface area (Å²) in [7, 11) is 0. The maximum absolute atomic E-state index is 4.66. The molecule has 3 aromatic rings. The van der Waals surface area contributed by atoms with E-state index in [0.29, 0.717) is 6.04 Å². The van der Waals surface area contributed by atoms with E-state index < -0.39 is 0 Å². The third-order valence-corrected chi connectivity index (χ3v) is 5.07. The van der Waals surface area contributed by atoms with Gasteiger partial charge in [0.25, 0.3) is 0 Å². The van der Waals surface area contributed by atoms with Crippen LogP contribution in [0.3, 0.4) is 0 Å². The molecule has 2 heterocycles. The SMILES string of the molecule is Cc1ccc(-c2nnc(N3CCCCC3C)c3ccccc23)cc1. The first-order valence-electron chi connectivity index (χ1n) is 8.83. The van der Waals surface area contributed by atoms with Gasteiger partial charge in [0.2, 0.25) is 0 Å². The summed E-state index contributed by atoms with van der Waals surface area (Å²) in [6, 6.07) is 17.6. The van der Waals surface area contributed by atoms with Crippen LogP contribution in [-0.2, 0) is 0 Å². The Balaban J connectivity index is 1.87. The molecule has 24 heavy (non-hydrogen) atoms. The second-order valence-corrected chi connectivity index (χ2v) is 6.82. The molecular formula is C21H23N3. The van der Waals surface area contributed by atoms with Crippen LogP contribution in [0.1, 0.15) is 31.7 Å². The van der Waals surface area contributed by atoms with E-state index in [-0.39, 0.29) is 0 Å². The van der Waals surface area contributed by atoms with Gasteiger partial charge >= 0.3 is 0 Å². The smallest absolute Gasteiger partial charge is 0.159 e. The van der Waals surface area contributed by atoms with Crippen molar-refractivity contribution in [2.75, 3.05) is 11.4 Å². The first-order chi connectivity index (χ1) is 11.7. The first-order valence-corrected chi connectivity index (χ1v) is 8.83. The highest BCUT2D eigenvalue weighted by atomic mass is 15.3. The number of rotatable bonds is 2. The number of fused-ring (bicyclic) bond motifs is 1. The van der Waals surface area contributed by atoms with Crippen molar-refractivity contribution < 1.29 is 0 Å². The number of piperidine rings is 1. The van der Waals surface area contributed by atoms with E-state index in [2.05, 4.69) is 77.5 Å². The second kappa shape index (κ2) is 6.23. The number of hydrogen-bond acceptors (Lipinski definition) is 3. The van der Waals surface area contributed by atoms with Gasteiger partial charge in [-0.25, -0.2) is 0 Å². The average Bonchev–Trinajstić information content (AvgIpc) is 2.62. The minimum absolute atomic E-state index is 0.529. The lowest BCUT2D eigenvalue weighted by Crippen LogP contribution is -2.38. The minimum atomic E-state index is 0.529. The Morgan fingerprint density at radius 3 is 2.42 bits per heavy atom. The maximum Gasteiger partial charge on any atom is 0.159 e. The molecule has 0 saturated carbocycles. The molecule has 1 aromatic heterocycles. The van der Waals surface area contributed by atoms with E-state index in [0.717, 1.165) is 23.6 Å². The van der Waals surface area contributed by atoms with Crippen LogP contribution < -0.4 is 4.90 Å². The normalized spacial score (nSPS) is 18.1. The van der Waals surface area contributed by atoms with E-state index >= 15 is 0 Å². The quantitative estimate of drug-likeness (QED) is 0.667. The Morgan fingerprint density at radius 2 is 1.67 bits per heavy atom. The van der Waals surface area contributed by atoms with Crippen molar-refractivity contribution in [2.24, 2.45) is 0 Å². The van der Waals surface area contributed by atoms with E-state index in [9.17, 15) is 0 Å². The summed E-state index contributed by atoms with van der Waals surface area (Å²) in [6.45, 7) is 5.47. The van der Waals surface area contributed by atoms with Crippen LogP contribution in [0.2, 0.25) is 0 Å². The van der Waals surface area contributed by atoms with Crippen LogP contribution in [0.25, 0.3) is 22.0 Å². The first kappa shape index (κ1) is 15.1. The Morgan fingerprint density at radius 1 is 0.917 bits per heavy atom. The predicted octanol–water partition coefficient (Wildman–Crippen LogP) is 4.98. The van der Waals surface area contributed by atoms with Gasteiger partial charge < -0.3 is 4.90 Å². The molecule has 1 aliphatic heterocycles. The highest BCUT2D eigenvalue weighted by Crippen LogP contribution is 2.33. The standard InChI is InChI=1S/C21H23N3/c1-15-10-12-17(13-11-15)20-18-8-3-4-9-19(18)21(23-22-20)24-14-6-5-7-16(24)2/h3-4,8-13,16H,5-7,14H2,1-2H3. The zero-order valence-electron chi connectivity index (χ0n) is 14.4. The monoisotopic (exact) mass is 317 g/mol. The molecule has 0 bridgehead atoms. The third-order valence-electron chi connectivity index (χ3n) is 5.07. The number of aromatic nitrogens is 2. The Hall–Kier alpha value is -2.42. The number of hydrogen-bond donors (Lipinski definition) is 0. The van der Waals surface area contributed by atoms with Gasteiger partial charge in [-0.15, -0.1) is 10.2 Å². The molecule has 0 N–H and O–H groups in total. The van der Waals surface area contributed by atoms with Crippen LogP contribution in [0.5, 0.6) is 0 Å². The summed E-state index contributed by atoms with van der Waals surface area (Å²) >= 11 is 0. The molecule has 0 spiro atoms. The van der Waals surface area contributed by atoms with Crippen LogP contribution >= 0.6 is 0 Å². The van der Waals surface area contributed by atoms with Gasteiger partial charge in [0, 0.05) is 28.9 Å². The summed E-state index contributed by atoms with van der Waals surface area (Å²) in [4.78, 5) is 2.43. The molecule has 0 aliphatic carbocycles. The maximum atomic E-state index is 4.66. The molecule has 3 heteroatoms. The molecule has 0 radical (unpaired) electrons. The number of aryl methyl sites for hydroxylation is 1. The largest absolute Gasteiger partial charge is 0.352 e. The van der Waals surface area contributed by atoms with Gasteiger partial charge in [0.1, 0.15) is 5.69 Å². The third kappa shape index (κ3) is 2.64. The lowest BCUT2D eigenvalue weighted by atomic mass is 10.0. The molecule has 4 rings (SSSR count). The van der Waals surface area contributed by atoms with Crippen molar-refractivity contribution in [2.45, 2.75) is 39.2 Å². The topological polar surface area (TPSA) is 29.0 Å². The van der Waals surface area contributed by atoms with Crippen molar-refractivity contribution in [3.8, 4) is 11.3 Å². The van der Waals surface area contributed by atoms with Gasteiger partial charge in [-0.2, -0.15) is 0 Å². The van der Waals surface area contributed by atoms with Gasteiger partial charge in [-0.3, -0.25) is 0 Å². The Bertz CT molecular complexity index is 855. The second-order valence-electron chi connectivity index (χ2n) is 6.82. The van der Waals surface area contributed by atoms with Crippen LogP contribution in [0.4, 0.5) is 5.82 Å². The van der Waals surface area contributed by atoms with Gasteiger partial charge in [-0.05, 0) is 33.1 Å². The molecule has 122 valence electrons. The molecule has 2 aromatic carbocycles. The van der Waals surface area contributed by atoms with Gasteiger partial charge in [0.15, 0.2) is 5.82 Å². The van der Waals surface area contributed by atoms with Crippen LogP contribution in [0, 0.1) is 6.92 Å². The highest BCUT2D eigenvalue weighted by molar-refractivity contribution is 6.00. The number of anilines is 1. The summed E-state index contributed by atoms with van der Waals surface area (Å²) < 4.78 is 0. The number of benzene rings is 2. The zero-order valence-corrected chi connectivity index (χ0v) is 14.4. The van der Waals surface area contributed by atoms with Crippen molar-refractivity contribution in [1.82, 2.24) is 10.2 Å². The van der Waals surface area contributed by atoms with Crippen LogP contribution in [-0.4, -0.2) is 22.8 Å². The minimum Gasteiger partial charge on any atom is -0.352 e. The molecule has 3 nitrogen and oxygen atoms in total. The molecule has 0 amide bonds. The Kier molecular flexibility index (Phi) is 3.93. The summed E-state index contributed by atoms with van der Waals surface area (Å²) in [6.07, 6.45) is 3.78.